The highest BCUT2D eigenvalue weighted by atomic mass is 16.1. The molecule has 1 aromatic carbocycles. The van der Waals surface area contributed by atoms with E-state index in [0.29, 0.717) is 5.56 Å². The van der Waals surface area contributed by atoms with Gasteiger partial charge >= 0.3 is 0 Å². The summed E-state index contributed by atoms with van der Waals surface area (Å²) in [6.45, 7) is 1.56. The number of benzene rings is 1. The van der Waals surface area contributed by atoms with Gasteiger partial charge in [0.25, 0.3) is 0 Å². The molecule has 5 heteroatoms. The van der Waals surface area contributed by atoms with Gasteiger partial charge in [-0.2, -0.15) is 5.10 Å². The third-order valence-electron chi connectivity index (χ3n) is 3.09. The van der Waals surface area contributed by atoms with Crippen LogP contribution in [0.1, 0.15) is 17.3 Å². The molecule has 0 spiro atoms. The third kappa shape index (κ3) is 1.79. The van der Waals surface area contributed by atoms with Gasteiger partial charge in [0.05, 0.1) is 17.3 Å². The van der Waals surface area contributed by atoms with Crippen molar-refractivity contribution in [2.75, 3.05) is 0 Å². The van der Waals surface area contributed by atoms with Gasteiger partial charge in [-0.15, -0.1) is 0 Å². The molecule has 0 atom stereocenters. The lowest BCUT2D eigenvalue weighted by molar-refractivity contribution is 0.101. The zero-order valence-corrected chi connectivity index (χ0v) is 10.7. The number of hydrogen-bond donors (Lipinski definition) is 0. The Bertz CT molecular complexity index is 776. The fourth-order valence-corrected chi connectivity index (χ4v) is 2.17. The molecule has 94 valence electrons. The molecule has 0 aliphatic rings. The Morgan fingerprint density at radius 2 is 2.00 bits per heavy atom. The number of rotatable bonds is 2. The van der Waals surface area contributed by atoms with E-state index in [1.807, 2.05) is 31.3 Å². The smallest absolute Gasteiger partial charge is 0.161 e. The van der Waals surface area contributed by atoms with E-state index in [4.69, 9.17) is 0 Å². The zero-order valence-electron chi connectivity index (χ0n) is 10.7. The Kier molecular flexibility index (Phi) is 2.59. The van der Waals surface area contributed by atoms with Gasteiger partial charge in [0.2, 0.25) is 0 Å². The summed E-state index contributed by atoms with van der Waals surface area (Å²) in [7, 11) is 1.83. The second kappa shape index (κ2) is 4.28. The zero-order chi connectivity index (χ0) is 13.4. The highest BCUT2D eigenvalue weighted by molar-refractivity contribution is 6.03. The van der Waals surface area contributed by atoms with Crippen LogP contribution in [0.5, 0.6) is 0 Å². The first-order chi connectivity index (χ1) is 9.18. The molecule has 3 aromatic rings. The van der Waals surface area contributed by atoms with Crippen LogP contribution in [-0.2, 0) is 7.05 Å². The van der Waals surface area contributed by atoms with Gasteiger partial charge in [0, 0.05) is 18.2 Å². The predicted molar refractivity (Wildman–Crippen MR) is 71.7 cm³/mol. The first-order valence-electron chi connectivity index (χ1n) is 5.91. The minimum Gasteiger partial charge on any atom is -0.294 e. The van der Waals surface area contributed by atoms with E-state index in [-0.39, 0.29) is 5.78 Å². The van der Waals surface area contributed by atoms with Crippen LogP contribution in [0.25, 0.3) is 22.3 Å². The molecule has 0 saturated heterocycles. The average molecular weight is 252 g/mol. The van der Waals surface area contributed by atoms with Gasteiger partial charge in [0.1, 0.15) is 6.33 Å². The van der Waals surface area contributed by atoms with Gasteiger partial charge in [-0.05, 0) is 6.92 Å². The molecule has 0 N–H and O–H groups in total. The van der Waals surface area contributed by atoms with E-state index in [1.165, 1.54) is 6.33 Å². The number of hydrogen-bond acceptors (Lipinski definition) is 4. The number of carbonyl (C=O) groups excluding carboxylic acids is 1. The summed E-state index contributed by atoms with van der Waals surface area (Å²) in [4.78, 5) is 20.2. The maximum atomic E-state index is 11.7. The second-order valence-corrected chi connectivity index (χ2v) is 4.33. The van der Waals surface area contributed by atoms with Gasteiger partial charge in [-0.25, -0.2) is 9.97 Å². The summed E-state index contributed by atoms with van der Waals surface area (Å²) < 4.78 is 1.69. The molecule has 3 rings (SSSR count). The predicted octanol–water partition coefficient (Wildman–Crippen LogP) is 2.23. The summed E-state index contributed by atoms with van der Waals surface area (Å²) in [5.41, 5.74) is 2.97. The van der Waals surface area contributed by atoms with Crippen LogP contribution in [0, 0.1) is 0 Å². The standard InChI is InChI=1S/C14H12N4O/c1-9(19)10-5-3-4-6-11(10)13-12-7-17-18(2)14(12)16-8-15-13/h3-8H,1-2H3. The number of Topliss-reactive ketones (excluding diaryl/α,β-unsaturated/α-hetero) is 1. The molecule has 2 heterocycles. The van der Waals surface area contributed by atoms with Crippen LogP contribution in [0.4, 0.5) is 0 Å². The summed E-state index contributed by atoms with van der Waals surface area (Å²) in [6, 6.07) is 7.45. The summed E-state index contributed by atoms with van der Waals surface area (Å²) in [5.74, 6) is 0.0197. The van der Waals surface area contributed by atoms with Crippen molar-refractivity contribution < 1.29 is 4.79 Å². The number of aromatic nitrogens is 4. The van der Waals surface area contributed by atoms with E-state index < -0.39 is 0 Å². The molecular weight excluding hydrogens is 240 g/mol. The Morgan fingerprint density at radius 3 is 2.79 bits per heavy atom. The SMILES string of the molecule is CC(=O)c1ccccc1-c1ncnc2c1cnn2C. The first-order valence-corrected chi connectivity index (χ1v) is 5.91. The molecule has 19 heavy (non-hydrogen) atoms. The van der Waals surface area contributed by atoms with E-state index in [1.54, 1.807) is 17.8 Å². The number of aryl methyl sites for hydroxylation is 1. The van der Waals surface area contributed by atoms with Gasteiger partial charge in [0.15, 0.2) is 11.4 Å². The molecule has 0 aliphatic carbocycles. The highest BCUT2D eigenvalue weighted by Gasteiger charge is 2.14. The van der Waals surface area contributed by atoms with E-state index in [9.17, 15) is 4.79 Å². The third-order valence-corrected chi connectivity index (χ3v) is 3.09. The monoisotopic (exact) mass is 252 g/mol. The second-order valence-electron chi connectivity index (χ2n) is 4.33. The fourth-order valence-electron chi connectivity index (χ4n) is 2.17. The van der Waals surface area contributed by atoms with Crippen molar-refractivity contribution in [3.05, 3.63) is 42.4 Å². The number of carbonyl (C=O) groups is 1. The molecule has 0 radical (unpaired) electrons. The summed E-state index contributed by atoms with van der Waals surface area (Å²) >= 11 is 0. The molecule has 0 unspecified atom stereocenters. The van der Waals surface area contributed by atoms with Crippen molar-refractivity contribution in [1.29, 1.82) is 0 Å². The maximum absolute atomic E-state index is 11.7. The molecule has 2 aromatic heterocycles. The van der Waals surface area contributed by atoms with E-state index >= 15 is 0 Å². The molecule has 5 nitrogen and oxygen atoms in total. The topological polar surface area (TPSA) is 60.7 Å². The minimum atomic E-state index is 0.0197. The molecule has 0 saturated carbocycles. The molecule has 0 bridgehead atoms. The largest absolute Gasteiger partial charge is 0.294 e. The van der Waals surface area contributed by atoms with Crippen molar-refractivity contribution in [2.45, 2.75) is 6.92 Å². The van der Waals surface area contributed by atoms with Crippen LogP contribution in [0.2, 0.25) is 0 Å². The lowest BCUT2D eigenvalue weighted by Crippen LogP contribution is -1.98. The van der Waals surface area contributed by atoms with Crippen LogP contribution >= 0.6 is 0 Å². The Morgan fingerprint density at radius 1 is 1.21 bits per heavy atom. The average Bonchev–Trinajstić information content (AvgIpc) is 2.81. The lowest BCUT2D eigenvalue weighted by atomic mass is 10.00. The van der Waals surface area contributed by atoms with Gasteiger partial charge in [-0.3, -0.25) is 9.48 Å². The normalized spacial score (nSPS) is 10.8. The van der Waals surface area contributed by atoms with E-state index in [0.717, 1.165) is 22.3 Å². The van der Waals surface area contributed by atoms with Crippen molar-refractivity contribution in [3.63, 3.8) is 0 Å². The number of fused-ring (bicyclic) bond motifs is 1. The van der Waals surface area contributed by atoms with Crippen LogP contribution in [-0.4, -0.2) is 25.5 Å². The molecule has 0 fully saturated rings. The summed E-state index contributed by atoms with van der Waals surface area (Å²) in [6.07, 6.45) is 3.22. The molecular formula is C14H12N4O. The van der Waals surface area contributed by atoms with Crippen LogP contribution in [0.3, 0.4) is 0 Å². The van der Waals surface area contributed by atoms with Crippen LogP contribution < -0.4 is 0 Å². The van der Waals surface area contributed by atoms with Crippen molar-refractivity contribution in [1.82, 2.24) is 19.7 Å². The Balaban J connectivity index is 2.34. The lowest BCUT2D eigenvalue weighted by Gasteiger charge is -2.06. The van der Waals surface area contributed by atoms with Crippen LogP contribution in [0.15, 0.2) is 36.8 Å². The fraction of sp³-hybridized carbons (Fsp3) is 0.143. The Hall–Kier alpha value is -2.56. The first kappa shape index (κ1) is 11.5. The minimum absolute atomic E-state index is 0.0197. The van der Waals surface area contributed by atoms with E-state index in [2.05, 4.69) is 15.1 Å². The number of ketones is 1. The van der Waals surface area contributed by atoms with Crippen molar-refractivity contribution in [3.8, 4) is 11.3 Å². The quantitative estimate of drug-likeness (QED) is 0.656. The summed E-state index contributed by atoms with van der Waals surface area (Å²) in [5, 5.41) is 5.03. The van der Waals surface area contributed by atoms with Gasteiger partial charge in [-0.1, -0.05) is 24.3 Å². The van der Waals surface area contributed by atoms with Gasteiger partial charge < -0.3 is 0 Å². The van der Waals surface area contributed by atoms with Crippen molar-refractivity contribution in [2.24, 2.45) is 7.05 Å². The maximum Gasteiger partial charge on any atom is 0.161 e. The number of nitrogens with zero attached hydrogens (tertiary/aromatic N) is 4. The molecule has 0 aliphatic heterocycles. The highest BCUT2D eigenvalue weighted by Crippen LogP contribution is 2.27. The molecule has 0 amide bonds. The van der Waals surface area contributed by atoms with Crippen molar-refractivity contribution >= 4 is 16.8 Å². The Labute approximate surface area is 109 Å².